The van der Waals surface area contributed by atoms with E-state index in [2.05, 4.69) is 130 Å². The number of aromatic nitrogens is 4. The van der Waals surface area contributed by atoms with Gasteiger partial charge in [-0.05, 0) is 118 Å². The minimum Gasteiger partial charge on any atom is -0.463 e. The zero-order valence-corrected chi connectivity index (χ0v) is 35.9. The predicted molar refractivity (Wildman–Crippen MR) is 241 cm³/mol. The van der Waals surface area contributed by atoms with Crippen molar-refractivity contribution in [1.82, 2.24) is 19.9 Å². The SMILES string of the molecule is CCCN(CCC)c1nc(OCCCc2cc3nc(OCC(C)(C)O)nc(N(CCC)CCC)c3cc2-c2cccc(C)c2)nc2ccc(-c3cccc(C)c3)cc12. The van der Waals surface area contributed by atoms with Gasteiger partial charge in [-0.1, -0.05) is 93.4 Å². The molecule has 0 unspecified atom stereocenters. The molecule has 306 valence electrons. The van der Waals surface area contributed by atoms with Gasteiger partial charge in [0, 0.05) is 37.0 Å². The minimum absolute atomic E-state index is 0.0895. The standard InChI is InChI=1S/C49H62N6O3/c1-9-23-54(24-10-2)45-41-30-37(36-18-13-16-34(5)28-36)21-22-43(41)50-47(52-45)57-27-15-20-39-31-44-42(32-40(39)38-19-14-17-35(6)29-38)46(55(25-11-3)26-12-4)53-48(51-44)58-33-49(7,8)56/h13-14,16-19,21-22,28-32,56H,9-12,15,20,23-27,33H2,1-8H3. The lowest BCUT2D eigenvalue weighted by molar-refractivity contribution is 0.0252. The van der Waals surface area contributed by atoms with Crippen molar-refractivity contribution in [2.24, 2.45) is 0 Å². The van der Waals surface area contributed by atoms with Crippen molar-refractivity contribution in [3.63, 3.8) is 0 Å². The smallest absolute Gasteiger partial charge is 0.319 e. The number of aryl methyl sites for hydroxylation is 3. The first kappa shape index (κ1) is 42.3. The van der Waals surface area contributed by atoms with Gasteiger partial charge in [-0.15, -0.1) is 0 Å². The largest absolute Gasteiger partial charge is 0.463 e. The number of rotatable bonds is 20. The third-order valence-electron chi connectivity index (χ3n) is 10.2. The molecule has 0 radical (unpaired) electrons. The van der Waals surface area contributed by atoms with Crippen molar-refractivity contribution in [1.29, 1.82) is 0 Å². The Kier molecular flexibility index (Phi) is 14.2. The summed E-state index contributed by atoms with van der Waals surface area (Å²) in [7, 11) is 0. The highest BCUT2D eigenvalue weighted by molar-refractivity contribution is 5.95. The second-order valence-electron chi connectivity index (χ2n) is 16.2. The lowest BCUT2D eigenvalue weighted by Crippen LogP contribution is -2.29. The van der Waals surface area contributed by atoms with Crippen molar-refractivity contribution in [2.45, 2.75) is 99.5 Å². The Bertz CT molecular complexity index is 2290. The number of hydrogen-bond donors (Lipinski definition) is 1. The van der Waals surface area contributed by atoms with Gasteiger partial charge in [0.05, 0.1) is 23.2 Å². The third-order valence-corrected chi connectivity index (χ3v) is 10.2. The molecule has 0 bridgehead atoms. The first-order valence-corrected chi connectivity index (χ1v) is 21.3. The average molecular weight is 783 g/mol. The van der Waals surface area contributed by atoms with E-state index < -0.39 is 5.60 Å². The maximum Gasteiger partial charge on any atom is 0.319 e. The summed E-state index contributed by atoms with van der Waals surface area (Å²) in [6, 6.07) is 28.9. The first-order chi connectivity index (χ1) is 28.0. The number of anilines is 2. The molecular formula is C49H62N6O3. The van der Waals surface area contributed by atoms with Crippen LogP contribution >= 0.6 is 0 Å². The Labute approximate surface area is 345 Å². The summed E-state index contributed by atoms with van der Waals surface area (Å²) in [6.07, 6.45) is 5.51. The van der Waals surface area contributed by atoms with E-state index in [1.54, 1.807) is 13.8 Å². The molecule has 0 aliphatic rings. The Hall–Kier alpha value is -5.28. The second-order valence-corrected chi connectivity index (χ2v) is 16.2. The van der Waals surface area contributed by atoms with E-state index in [-0.39, 0.29) is 12.6 Å². The Morgan fingerprint density at radius 1 is 0.586 bits per heavy atom. The van der Waals surface area contributed by atoms with E-state index in [1.165, 1.54) is 16.7 Å². The number of fused-ring (bicyclic) bond motifs is 2. The van der Waals surface area contributed by atoms with Crippen molar-refractivity contribution in [3.05, 3.63) is 95.6 Å². The first-order valence-electron chi connectivity index (χ1n) is 21.3. The topological polar surface area (TPSA) is 96.7 Å². The summed E-state index contributed by atoms with van der Waals surface area (Å²) >= 11 is 0. The van der Waals surface area contributed by atoms with E-state index >= 15 is 0 Å². The fourth-order valence-electron chi connectivity index (χ4n) is 7.57. The van der Waals surface area contributed by atoms with Crippen LogP contribution < -0.4 is 19.3 Å². The molecule has 4 aromatic carbocycles. The molecule has 0 aliphatic carbocycles. The maximum absolute atomic E-state index is 10.5. The van der Waals surface area contributed by atoms with Gasteiger partial charge in [-0.2, -0.15) is 19.9 Å². The molecule has 0 aliphatic heterocycles. The molecule has 0 spiro atoms. The van der Waals surface area contributed by atoms with E-state index in [0.717, 1.165) is 120 Å². The number of hydrogen-bond acceptors (Lipinski definition) is 9. The maximum atomic E-state index is 10.5. The molecule has 0 saturated heterocycles. The molecule has 1 N–H and O–H groups in total. The summed E-state index contributed by atoms with van der Waals surface area (Å²) in [5, 5.41) is 12.5. The highest BCUT2D eigenvalue weighted by Gasteiger charge is 2.21. The van der Waals surface area contributed by atoms with Crippen molar-refractivity contribution >= 4 is 33.4 Å². The lowest BCUT2D eigenvalue weighted by Gasteiger charge is -2.25. The van der Waals surface area contributed by atoms with Crippen LogP contribution in [0.4, 0.5) is 11.6 Å². The van der Waals surface area contributed by atoms with Crippen LogP contribution in [0.25, 0.3) is 44.1 Å². The fourth-order valence-corrected chi connectivity index (χ4v) is 7.57. The van der Waals surface area contributed by atoms with Gasteiger partial charge in [0.15, 0.2) is 0 Å². The Balaban J connectivity index is 1.34. The normalized spacial score (nSPS) is 11.7. The quantitative estimate of drug-likeness (QED) is 0.0759. The predicted octanol–water partition coefficient (Wildman–Crippen LogP) is 10.9. The highest BCUT2D eigenvalue weighted by Crippen LogP contribution is 2.36. The molecule has 2 heterocycles. The van der Waals surface area contributed by atoms with Crippen molar-refractivity contribution in [3.8, 4) is 34.3 Å². The van der Waals surface area contributed by atoms with Crippen molar-refractivity contribution in [2.75, 3.05) is 49.2 Å². The van der Waals surface area contributed by atoms with Crippen molar-refractivity contribution < 1.29 is 14.6 Å². The summed E-state index contributed by atoms with van der Waals surface area (Å²) in [5.41, 5.74) is 8.92. The number of aliphatic hydroxyl groups is 1. The minimum atomic E-state index is -1.02. The third kappa shape index (κ3) is 10.6. The van der Waals surface area contributed by atoms with Gasteiger partial charge in [-0.25, -0.2) is 0 Å². The van der Waals surface area contributed by atoms with Crippen LogP contribution in [0.5, 0.6) is 12.0 Å². The van der Waals surface area contributed by atoms with Crippen LogP contribution in [0.1, 0.15) is 90.3 Å². The molecule has 6 rings (SSSR count). The fraction of sp³-hybridized carbons (Fsp3) is 0.429. The second kappa shape index (κ2) is 19.4. The van der Waals surface area contributed by atoms with Gasteiger partial charge < -0.3 is 24.4 Å². The summed E-state index contributed by atoms with van der Waals surface area (Å²) < 4.78 is 12.5. The van der Waals surface area contributed by atoms with Crippen LogP contribution in [-0.4, -0.2) is 70.0 Å². The molecule has 9 heteroatoms. The summed E-state index contributed by atoms with van der Waals surface area (Å²) in [6.45, 7) is 20.6. The molecular weight excluding hydrogens is 721 g/mol. The van der Waals surface area contributed by atoms with E-state index in [0.29, 0.717) is 12.6 Å². The molecule has 0 fully saturated rings. The average Bonchev–Trinajstić information content (AvgIpc) is 3.20. The van der Waals surface area contributed by atoms with Crippen LogP contribution in [-0.2, 0) is 6.42 Å². The number of nitrogens with zero attached hydrogens (tertiary/aromatic N) is 6. The Morgan fingerprint density at radius 3 is 1.71 bits per heavy atom. The van der Waals surface area contributed by atoms with Crippen LogP contribution in [0, 0.1) is 13.8 Å². The highest BCUT2D eigenvalue weighted by atomic mass is 16.5. The van der Waals surface area contributed by atoms with E-state index in [1.807, 2.05) is 0 Å². The summed E-state index contributed by atoms with van der Waals surface area (Å²) in [5.74, 6) is 1.78. The van der Waals surface area contributed by atoms with E-state index in [4.69, 9.17) is 29.4 Å². The van der Waals surface area contributed by atoms with Crippen LogP contribution in [0.2, 0.25) is 0 Å². The molecule has 0 atom stereocenters. The molecule has 0 saturated carbocycles. The molecule has 9 nitrogen and oxygen atoms in total. The van der Waals surface area contributed by atoms with Crippen LogP contribution in [0.15, 0.2) is 78.9 Å². The van der Waals surface area contributed by atoms with Gasteiger partial charge in [0.1, 0.15) is 18.2 Å². The van der Waals surface area contributed by atoms with E-state index in [9.17, 15) is 5.11 Å². The lowest BCUT2D eigenvalue weighted by atomic mass is 9.93. The van der Waals surface area contributed by atoms with Gasteiger partial charge >= 0.3 is 12.0 Å². The zero-order chi connectivity index (χ0) is 41.2. The number of ether oxygens (including phenoxy) is 2. The van der Waals surface area contributed by atoms with Crippen LogP contribution in [0.3, 0.4) is 0 Å². The van der Waals surface area contributed by atoms with Gasteiger partial charge in [0.2, 0.25) is 0 Å². The molecule has 6 aromatic rings. The molecule has 0 amide bonds. The monoisotopic (exact) mass is 782 g/mol. The van der Waals surface area contributed by atoms with Gasteiger partial charge in [-0.3, -0.25) is 0 Å². The Morgan fingerprint density at radius 2 is 1.12 bits per heavy atom. The number of benzene rings is 4. The molecule has 2 aromatic heterocycles. The zero-order valence-electron chi connectivity index (χ0n) is 35.9. The summed E-state index contributed by atoms with van der Waals surface area (Å²) in [4.78, 5) is 24.6. The molecule has 58 heavy (non-hydrogen) atoms. The van der Waals surface area contributed by atoms with Gasteiger partial charge in [0.25, 0.3) is 0 Å².